The second-order valence-electron chi connectivity index (χ2n) is 6.29. The normalized spacial score (nSPS) is 16.7. The van der Waals surface area contributed by atoms with Crippen LogP contribution in [0.5, 0.6) is 0 Å². The van der Waals surface area contributed by atoms with Crippen molar-refractivity contribution in [2.24, 2.45) is 0 Å². The van der Waals surface area contributed by atoms with Crippen LogP contribution in [-0.2, 0) is 14.9 Å². The van der Waals surface area contributed by atoms with Crippen LogP contribution in [0.15, 0.2) is 30.3 Å². The molecule has 1 amide bonds. The van der Waals surface area contributed by atoms with Gasteiger partial charge in [-0.05, 0) is 31.5 Å². The average molecular weight is 290 g/mol. The van der Waals surface area contributed by atoms with Crippen LogP contribution >= 0.6 is 0 Å². The predicted molar refractivity (Wildman–Crippen MR) is 84.3 cm³/mol. The first kappa shape index (κ1) is 16.0. The number of ether oxygens (including phenoxy) is 1. The van der Waals surface area contributed by atoms with Gasteiger partial charge in [0.1, 0.15) is 6.61 Å². The Kier molecular flexibility index (Phi) is 5.76. The maximum absolute atomic E-state index is 11.9. The van der Waals surface area contributed by atoms with Gasteiger partial charge >= 0.3 is 0 Å². The Morgan fingerprint density at radius 3 is 2.62 bits per heavy atom. The average Bonchev–Trinajstić information content (AvgIpc) is 2.53. The molecule has 0 atom stereocenters. The summed E-state index contributed by atoms with van der Waals surface area (Å²) < 4.78 is 5.66. The van der Waals surface area contributed by atoms with Crippen LogP contribution in [0.1, 0.15) is 32.3 Å². The molecule has 116 valence electrons. The van der Waals surface area contributed by atoms with Crippen LogP contribution in [-0.4, -0.2) is 38.3 Å². The fraction of sp³-hybridized carbons (Fsp3) is 0.588. The number of piperidine rings is 1. The van der Waals surface area contributed by atoms with E-state index in [9.17, 15) is 4.79 Å². The number of amides is 1. The predicted octanol–water partition coefficient (Wildman–Crippen LogP) is 1.85. The van der Waals surface area contributed by atoms with Gasteiger partial charge in [0.05, 0.1) is 6.10 Å². The van der Waals surface area contributed by atoms with E-state index >= 15 is 0 Å². The van der Waals surface area contributed by atoms with Crippen LogP contribution in [0.25, 0.3) is 0 Å². The summed E-state index contributed by atoms with van der Waals surface area (Å²) in [6.45, 7) is 7.01. The lowest BCUT2D eigenvalue weighted by molar-refractivity contribution is -0.128. The minimum atomic E-state index is -0.0777. The number of benzene rings is 1. The van der Waals surface area contributed by atoms with Gasteiger partial charge < -0.3 is 15.4 Å². The first-order valence-corrected chi connectivity index (χ1v) is 7.72. The van der Waals surface area contributed by atoms with Crippen molar-refractivity contribution in [3.63, 3.8) is 0 Å². The molecule has 0 aromatic heterocycles. The van der Waals surface area contributed by atoms with E-state index in [1.54, 1.807) is 0 Å². The molecule has 0 saturated carbocycles. The SMILES string of the molecule is CC(C)(CNC(=O)COC1CCNCC1)c1ccccc1. The zero-order chi connectivity index (χ0) is 15.1. The summed E-state index contributed by atoms with van der Waals surface area (Å²) in [5, 5.41) is 6.27. The van der Waals surface area contributed by atoms with Gasteiger partial charge in [-0.25, -0.2) is 0 Å². The molecule has 1 saturated heterocycles. The summed E-state index contributed by atoms with van der Waals surface area (Å²) in [5.41, 5.74) is 1.15. The van der Waals surface area contributed by atoms with Gasteiger partial charge in [0.2, 0.25) is 5.91 Å². The lowest BCUT2D eigenvalue weighted by atomic mass is 9.84. The van der Waals surface area contributed by atoms with Gasteiger partial charge in [-0.15, -0.1) is 0 Å². The van der Waals surface area contributed by atoms with Crippen molar-refractivity contribution in [2.45, 2.75) is 38.2 Å². The highest BCUT2D eigenvalue weighted by molar-refractivity contribution is 5.77. The van der Waals surface area contributed by atoms with Crippen molar-refractivity contribution < 1.29 is 9.53 Å². The third-order valence-corrected chi connectivity index (χ3v) is 4.02. The number of nitrogens with one attached hydrogen (secondary N) is 2. The molecule has 1 aromatic rings. The van der Waals surface area contributed by atoms with Crippen molar-refractivity contribution in [3.05, 3.63) is 35.9 Å². The Morgan fingerprint density at radius 2 is 1.95 bits per heavy atom. The largest absolute Gasteiger partial charge is 0.368 e. The summed E-state index contributed by atoms with van der Waals surface area (Å²) in [4.78, 5) is 11.9. The fourth-order valence-electron chi connectivity index (χ4n) is 2.52. The summed E-state index contributed by atoms with van der Waals surface area (Å²) in [5.74, 6) is -0.0301. The summed E-state index contributed by atoms with van der Waals surface area (Å²) in [6.07, 6.45) is 2.20. The Balaban J connectivity index is 1.73. The monoisotopic (exact) mass is 290 g/mol. The second kappa shape index (κ2) is 7.57. The van der Waals surface area contributed by atoms with Crippen LogP contribution in [0.3, 0.4) is 0 Å². The molecule has 1 aliphatic rings. The molecule has 1 heterocycles. The molecule has 0 radical (unpaired) electrons. The molecular formula is C17H26N2O2. The summed E-state index contributed by atoms with van der Waals surface area (Å²) in [6, 6.07) is 10.2. The number of carbonyl (C=O) groups excluding carboxylic acids is 1. The van der Waals surface area contributed by atoms with E-state index < -0.39 is 0 Å². The molecule has 2 rings (SSSR count). The third-order valence-electron chi connectivity index (χ3n) is 4.02. The molecule has 0 bridgehead atoms. The van der Waals surface area contributed by atoms with Gasteiger partial charge in [-0.1, -0.05) is 44.2 Å². The highest BCUT2D eigenvalue weighted by Crippen LogP contribution is 2.21. The highest BCUT2D eigenvalue weighted by Gasteiger charge is 2.21. The number of hydrogen-bond acceptors (Lipinski definition) is 3. The molecule has 2 N–H and O–H groups in total. The molecule has 1 aliphatic heterocycles. The van der Waals surface area contributed by atoms with Crippen LogP contribution < -0.4 is 10.6 Å². The van der Waals surface area contributed by atoms with E-state index in [1.807, 2.05) is 18.2 Å². The van der Waals surface area contributed by atoms with E-state index in [-0.39, 0.29) is 24.0 Å². The van der Waals surface area contributed by atoms with E-state index in [2.05, 4.69) is 36.6 Å². The first-order valence-electron chi connectivity index (χ1n) is 7.72. The van der Waals surface area contributed by atoms with Gasteiger partial charge in [-0.3, -0.25) is 4.79 Å². The number of rotatable bonds is 6. The van der Waals surface area contributed by atoms with E-state index in [1.165, 1.54) is 5.56 Å². The van der Waals surface area contributed by atoms with Crippen LogP contribution in [0.4, 0.5) is 0 Å². The van der Waals surface area contributed by atoms with Crippen molar-refractivity contribution in [3.8, 4) is 0 Å². The third kappa shape index (κ3) is 5.14. The Bertz CT molecular complexity index is 439. The molecule has 1 fully saturated rings. The molecular weight excluding hydrogens is 264 g/mol. The van der Waals surface area contributed by atoms with Crippen molar-refractivity contribution in [1.29, 1.82) is 0 Å². The highest BCUT2D eigenvalue weighted by atomic mass is 16.5. The van der Waals surface area contributed by atoms with Crippen LogP contribution in [0, 0.1) is 0 Å². The summed E-state index contributed by atoms with van der Waals surface area (Å²) >= 11 is 0. The second-order valence-corrected chi connectivity index (χ2v) is 6.29. The van der Waals surface area contributed by atoms with Gasteiger partial charge in [0, 0.05) is 12.0 Å². The molecule has 1 aromatic carbocycles. The quantitative estimate of drug-likeness (QED) is 0.840. The zero-order valence-electron chi connectivity index (χ0n) is 13.0. The molecule has 0 unspecified atom stereocenters. The van der Waals surface area contributed by atoms with E-state index in [4.69, 9.17) is 4.74 Å². The Hall–Kier alpha value is -1.39. The topological polar surface area (TPSA) is 50.4 Å². The molecule has 0 spiro atoms. The van der Waals surface area contributed by atoms with E-state index in [0.29, 0.717) is 6.54 Å². The molecule has 4 heteroatoms. The summed E-state index contributed by atoms with van der Waals surface area (Å²) in [7, 11) is 0. The minimum Gasteiger partial charge on any atom is -0.368 e. The maximum Gasteiger partial charge on any atom is 0.246 e. The molecule has 0 aliphatic carbocycles. The first-order chi connectivity index (χ1) is 10.1. The lowest BCUT2D eigenvalue weighted by Gasteiger charge is -2.26. The van der Waals surface area contributed by atoms with Crippen LogP contribution in [0.2, 0.25) is 0 Å². The smallest absolute Gasteiger partial charge is 0.246 e. The van der Waals surface area contributed by atoms with E-state index in [0.717, 1.165) is 25.9 Å². The maximum atomic E-state index is 11.9. The number of hydrogen-bond donors (Lipinski definition) is 2. The van der Waals surface area contributed by atoms with Crippen molar-refractivity contribution >= 4 is 5.91 Å². The Morgan fingerprint density at radius 1 is 1.29 bits per heavy atom. The standard InChI is InChI=1S/C17H26N2O2/c1-17(2,14-6-4-3-5-7-14)13-19-16(20)12-21-15-8-10-18-11-9-15/h3-7,15,18H,8-13H2,1-2H3,(H,19,20). The van der Waals surface area contributed by atoms with Gasteiger partial charge in [0.25, 0.3) is 0 Å². The van der Waals surface area contributed by atoms with Gasteiger partial charge in [-0.2, -0.15) is 0 Å². The fourth-order valence-corrected chi connectivity index (χ4v) is 2.52. The minimum absolute atomic E-state index is 0.0301. The van der Waals surface area contributed by atoms with Crippen molar-refractivity contribution in [2.75, 3.05) is 26.2 Å². The Labute approximate surface area is 127 Å². The lowest BCUT2D eigenvalue weighted by Crippen LogP contribution is -2.40. The van der Waals surface area contributed by atoms with Gasteiger partial charge in [0.15, 0.2) is 0 Å². The molecule has 21 heavy (non-hydrogen) atoms. The molecule has 4 nitrogen and oxygen atoms in total. The zero-order valence-corrected chi connectivity index (χ0v) is 13.0. The van der Waals surface area contributed by atoms with Crippen molar-refractivity contribution in [1.82, 2.24) is 10.6 Å². The number of carbonyl (C=O) groups is 1.